The third-order valence-electron chi connectivity index (χ3n) is 4.08. The molecule has 0 atom stereocenters. The number of hydrogen-bond acceptors (Lipinski definition) is 5. The van der Waals surface area contributed by atoms with Crippen molar-refractivity contribution in [1.82, 2.24) is 4.31 Å². The van der Waals surface area contributed by atoms with Gasteiger partial charge in [0.25, 0.3) is 0 Å². The minimum Gasteiger partial charge on any atom is -0.493 e. The van der Waals surface area contributed by atoms with E-state index in [0.29, 0.717) is 17.2 Å². The van der Waals surface area contributed by atoms with Crippen LogP contribution in [0.25, 0.3) is 6.08 Å². The summed E-state index contributed by atoms with van der Waals surface area (Å²) in [6.45, 7) is 1.79. The summed E-state index contributed by atoms with van der Waals surface area (Å²) in [7, 11) is 2.42. The van der Waals surface area contributed by atoms with Gasteiger partial charge in [0.05, 0.1) is 19.1 Å². The molecule has 0 radical (unpaired) electrons. The molecule has 7 nitrogen and oxygen atoms in total. The first-order chi connectivity index (χ1) is 13.2. The summed E-state index contributed by atoms with van der Waals surface area (Å²) in [5, 5.41) is 2.72. The van der Waals surface area contributed by atoms with Gasteiger partial charge in [-0.05, 0) is 48.4 Å². The smallest absolute Gasteiger partial charge is 0.248 e. The average molecular weight is 404 g/mol. The number of ether oxygens (including phenoxy) is 2. The second kappa shape index (κ2) is 8.90. The van der Waals surface area contributed by atoms with E-state index in [9.17, 15) is 13.2 Å². The highest BCUT2D eigenvalue weighted by Gasteiger charge is 2.18. The molecule has 28 heavy (non-hydrogen) atoms. The molecule has 1 N–H and O–H groups in total. The van der Waals surface area contributed by atoms with Crippen molar-refractivity contribution in [3.05, 3.63) is 53.6 Å². The Bertz CT molecular complexity index is 998. The number of hydrogen-bond donors (Lipinski definition) is 1. The molecule has 2 rings (SSSR count). The molecule has 150 valence electrons. The van der Waals surface area contributed by atoms with Crippen molar-refractivity contribution in [2.75, 3.05) is 33.6 Å². The highest BCUT2D eigenvalue weighted by Crippen LogP contribution is 2.28. The number of aryl methyl sites for hydroxylation is 1. The van der Waals surface area contributed by atoms with E-state index in [0.717, 1.165) is 15.4 Å². The van der Waals surface area contributed by atoms with Crippen molar-refractivity contribution >= 4 is 27.7 Å². The largest absolute Gasteiger partial charge is 0.493 e. The van der Waals surface area contributed by atoms with E-state index in [1.54, 1.807) is 44.4 Å². The van der Waals surface area contributed by atoms with Gasteiger partial charge in [-0.3, -0.25) is 4.79 Å². The lowest BCUT2D eigenvalue weighted by atomic mass is 10.1. The maximum atomic E-state index is 12.3. The first-order valence-corrected chi connectivity index (χ1v) is 9.87. The molecule has 0 aliphatic heterocycles. The number of rotatable bonds is 7. The predicted octanol–water partition coefficient (Wildman–Crippen LogP) is 2.91. The van der Waals surface area contributed by atoms with E-state index in [1.165, 1.54) is 39.4 Å². The normalized spacial score (nSPS) is 11.6. The van der Waals surface area contributed by atoms with Gasteiger partial charge in [0.2, 0.25) is 15.9 Å². The van der Waals surface area contributed by atoms with Crippen molar-refractivity contribution in [2.24, 2.45) is 0 Å². The Hall–Kier alpha value is -2.84. The van der Waals surface area contributed by atoms with E-state index in [4.69, 9.17) is 9.47 Å². The van der Waals surface area contributed by atoms with Crippen molar-refractivity contribution in [3.63, 3.8) is 0 Å². The number of methoxy groups -OCH3 is 2. The lowest BCUT2D eigenvalue weighted by molar-refractivity contribution is -0.111. The highest BCUT2D eigenvalue weighted by molar-refractivity contribution is 7.89. The van der Waals surface area contributed by atoms with Gasteiger partial charge < -0.3 is 14.8 Å². The molecule has 0 saturated carbocycles. The standard InChI is InChI=1S/C20H24N2O5S/c1-14-6-9-16(28(24,25)22(2)3)13-17(14)21-20(23)11-8-15-7-10-18(26-4)19(12-15)27-5/h6-13H,1-5H3,(H,21,23). The van der Waals surface area contributed by atoms with E-state index >= 15 is 0 Å². The number of anilines is 1. The zero-order valence-electron chi connectivity index (χ0n) is 16.5. The van der Waals surface area contributed by atoms with Crippen LogP contribution in [0, 0.1) is 6.92 Å². The van der Waals surface area contributed by atoms with E-state index in [2.05, 4.69) is 5.32 Å². The second-order valence-corrected chi connectivity index (χ2v) is 8.35. The Morgan fingerprint density at radius 1 is 1.04 bits per heavy atom. The van der Waals surface area contributed by atoms with Crippen LogP contribution in [0.15, 0.2) is 47.4 Å². The van der Waals surface area contributed by atoms with Crippen molar-refractivity contribution in [2.45, 2.75) is 11.8 Å². The summed E-state index contributed by atoms with van der Waals surface area (Å²) in [4.78, 5) is 12.4. The van der Waals surface area contributed by atoms with Gasteiger partial charge in [0, 0.05) is 25.9 Å². The van der Waals surface area contributed by atoms with Gasteiger partial charge in [0.15, 0.2) is 11.5 Å². The average Bonchev–Trinajstić information content (AvgIpc) is 2.67. The van der Waals surface area contributed by atoms with E-state index < -0.39 is 10.0 Å². The number of nitrogens with zero attached hydrogens (tertiary/aromatic N) is 1. The lowest BCUT2D eigenvalue weighted by Gasteiger charge is -2.14. The molecule has 0 aromatic heterocycles. The fourth-order valence-corrected chi connectivity index (χ4v) is 3.34. The van der Waals surface area contributed by atoms with Crippen LogP contribution >= 0.6 is 0 Å². The molecule has 0 unspecified atom stereocenters. The van der Waals surface area contributed by atoms with Crippen LogP contribution in [0.4, 0.5) is 5.69 Å². The highest BCUT2D eigenvalue weighted by atomic mass is 32.2. The first-order valence-electron chi connectivity index (χ1n) is 8.43. The maximum Gasteiger partial charge on any atom is 0.248 e. The lowest BCUT2D eigenvalue weighted by Crippen LogP contribution is -2.22. The van der Waals surface area contributed by atoms with E-state index in [1.807, 2.05) is 0 Å². The van der Waals surface area contributed by atoms with Gasteiger partial charge in [0.1, 0.15) is 0 Å². The zero-order valence-corrected chi connectivity index (χ0v) is 17.3. The molecule has 0 aliphatic rings. The minimum absolute atomic E-state index is 0.113. The zero-order chi connectivity index (χ0) is 20.9. The van der Waals surface area contributed by atoms with Gasteiger partial charge in [-0.2, -0.15) is 0 Å². The summed E-state index contributed by atoms with van der Waals surface area (Å²) in [5.74, 6) is 0.776. The van der Waals surface area contributed by atoms with Crippen LogP contribution in [0.3, 0.4) is 0 Å². The maximum absolute atomic E-state index is 12.3. The number of sulfonamides is 1. The molecule has 2 aromatic rings. The third kappa shape index (κ3) is 4.90. The first kappa shape index (κ1) is 21.5. The molecule has 2 aromatic carbocycles. The minimum atomic E-state index is -3.58. The second-order valence-electron chi connectivity index (χ2n) is 6.20. The van der Waals surface area contributed by atoms with E-state index in [-0.39, 0.29) is 10.8 Å². The Morgan fingerprint density at radius 3 is 2.32 bits per heavy atom. The number of benzene rings is 2. The Kier molecular flexibility index (Phi) is 6.82. The van der Waals surface area contributed by atoms with Gasteiger partial charge >= 0.3 is 0 Å². The van der Waals surface area contributed by atoms with Crippen LogP contribution in [-0.4, -0.2) is 46.9 Å². The number of carbonyl (C=O) groups is 1. The fourth-order valence-electron chi connectivity index (χ4n) is 2.41. The van der Waals surface area contributed by atoms with Gasteiger partial charge in [-0.25, -0.2) is 12.7 Å². The van der Waals surface area contributed by atoms with Gasteiger partial charge in [-0.1, -0.05) is 12.1 Å². The van der Waals surface area contributed by atoms with Crippen LogP contribution in [0.5, 0.6) is 11.5 Å². The molecular weight excluding hydrogens is 380 g/mol. The molecule has 0 spiro atoms. The monoisotopic (exact) mass is 404 g/mol. The summed E-state index contributed by atoms with van der Waals surface area (Å²) in [5.41, 5.74) is 1.95. The Morgan fingerprint density at radius 2 is 1.71 bits per heavy atom. The third-order valence-corrected chi connectivity index (χ3v) is 5.89. The van der Waals surface area contributed by atoms with Crippen LogP contribution in [-0.2, 0) is 14.8 Å². The summed E-state index contributed by atoms with van der Waals surface area (Å²) < 4.78 is 36.1. The van der Waals surface area contributed by atoms with Crippen molar-refractivity contribution < 1.29 is 22.7 Å². The van der Waals surface area contributed by atoms with Crippen LogP contribution in [0.2, 0.25) is 0 Å². The molecule has 8 heteroatoms. The molecular formula is C20H24N2O5S. The number of amides is 1. The fraction of sp³-hybridized carbons (Fsp3) is 0.250. The predicted molar refractivity (Wildman–Crippen MR) is 109 cm³/mol. The Labute approximate surface area is 165 Å². The number of nitrogens with one attached hydrogen (secondary N) is 1. The number of carbonyl (C=O) groups excluding carboxylic acids is 1. The Balaban J connectivity index is 2.20. The van der Waals surface area contributed by atoms with Crippen LogP contribution in [0.1, 0.15) is 11.1 Å². The molecule has 0 bridgehead atoms. The molecule has 0 saturated heterocycles. The quantitative estimate of drug-likeness (QED) is 0.717. The van der Waals surface area contributed by atoms with Crippen molar-refractivity contribution in [1.29, 1.82) is 0 Å². The molecule has 0 aliphatic carbocycles. The summed E-state index contributed by atoms with van der Waals surface area (Å²) in [6.07, 6.45) is 3.00. The van der Waals surface area contributed by atoms with Crippen LogP contribution < -0.4 is 14.8 Å². The SMILES string of the molecule is COc1ccc(C=CC(=O)Nc2cc(S(=O)(=O)N(C)C)ccc2C)cc1OC. The molecule has 0 heterocycles. The molecule has 1 amide bonds. The summed E-state index contributed by atoms with van der Waals surface area (Å²) in [6, 6.07) is 9.91. The van der Waals surface area contributed by atoms with Crippen molar-refractivity contribution in [3.8, 4) is 11.5 Å². The molecule has 0 fully saturated rings. The topological polar surface area (TPSA) is 84.9 Å². The summed E-state index contributed by atoms with van der Waals surface area (Å²) >= 11 is 0. The van der Waals surface area contributed by atoms with Gasteiger partial charge in [-0.15, -0.1) is 0 Å².